The molecule has 0 aromatic carbocycles. The van der Waals surface area contributed by atoms with Crippen LogP contribution in [0.4, 0.5) is 4.39 Å². The Balaban J connectivity index is 5.47. The summed E-state index contributed by atoms with van der Waals surface area (Å²) < 4.78 is 14.2. The summed E-state index contributed by atoms with van der Waals surface area (Å²) in [5, 5.41) is 10.0. The molecule has 0 aliphatic carbocycles. The lowest BCUT2D eigenvalue weighted by Gasteiger charge is -2.38. The van der Waals surface area contributed by atoms with Gasteiger partial charge in [-0.15, -0.1) is 5.54 Å². The molecule has 20 heavy (non-hydrogen) atoms. The maximum atomic E-state index is 14.2. The van der Waals surface area contributed by atoms with Crippen LogP contribution in [0.25, 0.3) is 0 Å². The standard InChI is InChI=1S/C17H33FOSi/c1-12(2)20(13(3)4,14(5)6)11-10-15(18)16(19)17(7,8)9/h12-16,19H,1-9H3. The molecule has 0 aromatic rings. The van der Waals surface area contributed by atoms with Crippen molar-refractivity contribution in [3.05, 3.63) is 0 Å². The minimum absolute atomic E-state index is 0.480. The zero-order chi connectivity index (χ0) is 16.3. The molecule has 1 nitrogen and oxygen atoms in total. The molecule has 1 N–H and O–H groups in total. The summed E-state index contributed by atoms with van der Waals surface area (Å²) in [6.45, 7) is 18.7. The van der Waals surface area contributed by atoms with Gasteiger partial charge in [-0.25, -0.2) is 4.39 Å². The highest BCUT2D eigenvalue weighted by Crippen LogP contribution is 2.40. The van der Waals surface area contributed by atoms with Gasteiger partial charge >= 0.3 is 0 Å². The van der Waals surface area contributed by atoms with E-state index in [1.165, 1.54) is 0 Å². The summed E-state index contributed by atoms with van der Waals surface area (Å²) in [6, 6.07) is 0. The zero-order valence-corrected chi connectivity index (χ0v) is 15.7. The lowest BCUT2D eigenvalue weighted by molar-refractivity contribution is 0.0167. The van der Waals surface area contributed by atoms with E-state index in [9.17, 15) is 9.50 Å². The number of aliphatic hydroxyl groups is 1. The molecule has 0 aliphatic heterocycles. The summed E-state index contributed by atoms with van der Waals surface area (Å²) in [5.74, 6) is 2.77. The fourth-order valence-electron chi connectivity index (χ4n) is 3.14. The minimum Gasteiger partial charge on any atom is -0.388 e. The second kappa shape index (κ2) is 7.09. The van der Waals surface area contributed by atoms with Crippen molar-refractivity contribution in [3.63, 3.8) is 0 Å². The molecule has 0 radical (unpaired) electrons. The molecule has 0 saturated carbocycles. The lowest BCUT2D eigenvalue weighted by Crippen LogP contribution is -2.44. The highest BCUT2D eigenvalue weighted by Gasteiger charge is 2.42. The quantitative estimate of drug-likeness (QED) is 0.575. The highest BCUT2D eigenvalue weighted by molar-refractivity contribution is 6.90. The third-order valence-electron chi connectivity index (χ3n) is 4.46. The first-order valence-electron chi connectivity index (χ1n) is 7.72. The summed E-state index contributed by atoms with van der Waals surface area (Å²) in [4.78, 5) is 0. The van der Waals surface area contributed by atoms with Gasteiger partial charge in [0.05, 0.1) is 0 Å². The van der Waals surface area contributed by atoms with Crippen molar-refractivity contribution < 1.29 is 9.50 Å². The van der Waals surface area contributed by atoms with Gasteiger partial charge in [-0.2, -0.15) is 0 Å². The van der Waals surface area contributed by atoms with Gasteiger partial charge in [-0.05, 0) is 22.0 Å². The molecule has 3 heteroatoms. The van der Waals surface area contributed by atoms with E-state index in [2.05, 4.69) is 53.0 Å². The van der Waals surface area contributed by atoms with Gasteiger partial charge in [-0.3, -0.25) is 0 Å². The Bertz CT molecular complexity index is 336. The molecule has 0 heterocycles. The molecule has 0 fully saturated rings. The predicted octanol–water partition coefficient (Wildman–Crippen LogP) is 4.95. The topological polar surface area (TPSA) is 20.2 Å². The minimum atomic E-state index is -1.91. The molecular formula is C17H33FOSi. The van der Waals surface area contributed by atoms with E-state index in [4.69, 9.17) is 0 Å². The predicted molar refractivity (Wildman–Crippen MR) is 89.2 cm³/mol. The van der Waals surface area contributed by atoms with Gasteiger partial charge in [0, 0.05) is 0 Å². The second-order valence-corrected chi connectivity index (χ2v) is 13.5. The smallest absolute Gasteiger partial charge is 0.186 e. The average molecular weight is 301 g/mol. The van der Waals surface area contributed by atoms with Crippen LogP contribution in [-0.4, -0.2) is 25.5 Å². The van der Waals surface area contributed by atoms with E-state index in [0.717, 1.165) is 0 Å². The molecule has 0 spiro atoms. The van der Waals surface area contributed by atoms with Gasteiger partial charge in [-0.1, -0.05) is 68.2 Å². The van der Waals surface area contributed by atoms with Crippen molar-refractivity contribution in [2.75, 3.05) is 0 Å². The molecule has 2 atom stereocenters. The van der Waals surface area contributed by atoms with Crippen molar-refractivity contribution in [1.82, 2.24) is 0 Å². The SMILES string of the molecule is CC(C)[Si](C#CC(F)C(O)C(C)(C)C)(C(C)C)C(C)C. The van der Waals surface area contributed by atoms with Gasteiger partial charge in [0.2, 0.25) is 0 Å². The van der Waals surface area contributed by atoms with Crippen molar-refractivity contribution in [3.8, 4) is 11.5 Å². The molecule has 0 aliphatic rings. The Morgan fingerprint density at radius 1 is 0.900 bits per heavy atom. The van der Waals surface area contributed by atoms with E-state index < -0.39 is 25.8 Å². The molecule has 0 bridgehead atoms. The molecule has 118 valence electrons. The van der Waals surface area contributed by atoms with Crippen LogP contribution >= 0.6 is 0 Å². The second-order valence-electron chi connectivity index (χ2n) is 7.88. The number of rotatable bonds is 4. The Morgan fingerprint density at radius 3 is 1.50 bits per heavy atom. The van der Waals surface area contributed by atoms with Crippen molar-refractivity contribution in [1.29, 1.82) is 0 Å². The average Bonchev–Trinajstić information content (AvgIpc) is 2.25. The Labute approximate surface area is 126 Å². The van der Waals surface area contributed by atoms with Crippen molar-refractivity contribution in [2.24, 2.45) is 5.41 Å². The highest BCUT2D eigenvalue weighted by atomic mass is 28.3. The summed E-state index contributed by atoms with van der Waals surface area (Å²) in [6.07, 6.45) is -2.49. The van der Waals surface area contributed by atoms with Crippen LogP contribution in [-0.2, 0) is 0 Å². The number of halogens is 1. The third kappa shape index (κ3) is 4.33. The Kier molecular flexibility index (Phi) is 6.97. The normalized spacial score (nSPS) is 16.3. The largest absolute Gasteiger partial charge is 0.388 e. The molecule has 0 saturated heterocycles. The van der Waals surface area contributed by atoms with Crippen LogP contribution in [0.2, 0.25) is 16.6 Å². The van der Waals surface area contributed by atoms with Crippen LogP contribution in [0.15, 0.2) is 0 Å². The van der Waals surface area contributed by atoms with Gasteiger partial charge < -0.3 is 5.11 Å². The maximum absolute atomic E-state index is 14.2. The van der Waals surface area contributed by atoms with Crippen LogP contribution < -0.4 is 0 Å². The first-order chi connectivity index (χ1) is 8.87. The molecule has 0 rings (SSSR count). The number of hydrogen-bond donors (Lipinski definition) is 1. The number of alkyl halides is 1. The first-order valence-corrected chi connectivity index (χ1v) is 9.95. The van der Waals surface area contributed by atoms with E-state index in [-0.39, 0.29) is 0 Å². The van der Waals surface area contributed by atoms with Gasteiger partial charge in [0.1, 0.15) is 14.2 Å². The first kappa shape index (κ1) is 19.7. The Hall–Kier alpha value is -0.333. The third-order valence-corrected chi connectivity index (χ3v) is 10.8. The molecular weight excluding hydrogens is 267 g/mol. The Morgan fingerprint density at radius 2 is 1.25 bits per heavy atom. The molecule has 0 aromatic heterocycles. The summed E-state index contributed by atoms with van der Waals surface area (Å²) in [7, 11) is -1.91. The van der Waals surface area contributed by atoms with E-state index in [1.54, 1.807) is 0 Å². The molecule has 0 amide bonds. The lowest BCUT2D eigenvalue weighted by atomic mass is 9.87. The number of aliphatic hydroxyl groups excluding tert-OH is 1. The van der Waals surface area contributed by atoms with Gasteiger partial charge in [0.15, 0.2) is 6.17 Å². The van der Waals surface area contributed by atoms with Crippen molar-refractivity contribution >= 4 is 8.07 Å². The summed E-state index contributed by atoms with van der Waals surface area (Å²) >= 11 is 0. The number of hydrogen-bond acceptors (Lipinski definition) is 1. The van der Waals surface area contributed by atoms with Crippen molar-refractivity contribution in [2.45, 2.75) is 91.2 Å². The monoisotopic (exact) mass is 300 g/mol. The van der Waals surface area contributed by atoms with Crippen LogP contribution in [0.3, 0.4) is 0 Å². The summed E-state index contributed by atoms with van der Waals surface area (Å²) in [5.41, 5.74) is 4.30. The zero-order valence-electron chi connectivity index (χ0n) is 14.7. The van der Waals surface area contributed by atoms with E-state index in [1.807, 2.05) is 20.8 Å². The van der Waals surface area contributed by atoms with Gasteiger partial charge in [0.25, 0.3) is 0 Å². The fraction of sp³-hybridized carbons (Fsp3) is 0.882. The fourth-order valence-corrected chi connectivity index (χ4v) is 8.40. The van der Waals surface area contributed by atoms with E-state index >= 15 is 0 Å². The van der Waals surface area contributed by atoms with E-state index in [0.29, 0.717) is 16.6 Å². The molecule has 2 unspecified atom stereocenters. The van der Waals surface area contributed by atoms with Crippen LogP contribution in [0, 0.1) is 16.9 Å². The van der Waals surface area contributed by atoms with Crippen LogP contribution in [0.5, 0.6) is 0 Å². The van der Waals surface area contributed by atoms with Crippen LogP contribution in [0.1, 0.15) is 62.3 Å². The maximum Gasteiger partial charge on any atom is 0.186 e.